The first-order valence-electron chi connectivity index (χ1n) is 8.00. The van der Waals surface area contributed by atoms with Crippen LogP contribution < -0.4 is 15.9 Å². The van der Waals surface area contributed by atoms with E-state index in [0.717, 1.165) is 41.9 Å². The van der Waals surface area contributed by atoms with Crippen molar-refractivity contribution in [3.8, 4) is 0 Å². The molecule has 23 heavy (non-hydrogen) atoms. The minimum Gasteiger partial charge on any atom is -0.351 e. The predicted octanol–water partition coefficient (Wildman–Crippen LogP) is 1.22. The molecule has 2 aromatic rings. The van der Waals surface area contributed by atoms with Crippen molar-refractivity contribution in [3.05, 3.63) is 40.3 Å². The summed E-state index contributed by atoms with van der Waals surface area (Å²) >= 11 is 6.14. The zero-order valence-corrected chi connectivity index (χ0v) is 13.7. The fourth-order valence-electron chi connectivity index (χ4n) is 3.09. The highest BCUT2D eigenvalue weighted by Gasteiger charge is 2.46. The largest absolute Gasteiger partial charge is 0.351 e. The molecule has 1 fully saturated rings. The molecule has 120 valence electrons. The second-order valence-electron chi connectivity index (χ2n) is 6.30. The van der Waals surface area contributed by atoms with E-state index < -0.39 is 0 Å². The molecule has 0 bridgehead atoms. The summed E-state index contributed by atoms with van der Waals surface area (Å²) in [5.41, 5.74) is 1.42. The summed E-state index contributed by atoms with van der Waals surface area (Å²) in [4.78, 5) is 15.8. The Morgan fingerprint density at radius 2 is 2.39 bits per heavy atom. The molecule has 0 radical (unpaired) electrons. The maximum atomic E-state index is 12.6. The number of alkyl halides is 1. The van der Waals surface area contributed by atoms with Crippen LogP contribution in [0.2, 0.25) is 0 Å². The molecule has 2 aliphatic carbocycles. The molecule has 5 nitrogen and oxygen atoms in total. The zero-order chi connectivity index (χ0) is 16.0. The number of H-pyrrole nitrogens is 1. The Kier molecular flexibility index (Phi) is 3.34. The number of amides is 1. The van der Waals surface area contributed by atoms with E-state index >= 15 is 0 Å². The quantitative estimate of drug-likeness (QED) is 0.828. The zero-order valence-electron chi connectivity index (χ0n) is 13.0. The maximum absolute atomic E-state index is 12.6. The number of carbonyl (C=O) groups is 1. The fourth-order valence-corrected chi connectivity index (χ4v) is 3.31. The molecule has 1 atom stereocenters. The van der Waals surface area contributed by atoms with Gasteiger partial charge in [-0.3, -0.25) is 9.48 Å². The Morgan fingerprint density at radius 3 is 3.09 bits per heavy atom. The van der Waals surface area contributed by atoms with Crippen LogP contribution in [0.4, 0.5) is 0 Å². The average Bonchev–Trinajstić information content (AvgIpc) is 3.01. The number of nitrogens with zero attached hydrogens (tertiary/aromatic N) is 2. The van der Waals surface area contributed by atoms with Crippen LogP contribution in [0.5, 0.6) is 0 Å². The minimum absolute atomic E-state index is 0.00358. The highest BCUT2D eigenvalue weighted by atomic mass is 35.5. The van der Waals surface area contributed by atoms with Crippen molar-refractivity contribution in [2.75, 3.05) is 0 Å². The summed E-state index contributed by atoms with van der Waals surface area (Å²) in [6.45, 7) is 2.88. The van der Waals surface area contributed by atoms with Crippen LogP contribution in [0.15, 0.2) is 18.5 Å². The van der Waals surface area contributed by atoms with Gasteiger partial charge in [0.2, 0.25) is 0 Å². The first-order valence-corrected chi connectivity index (χ1v) is 8.44. The summed E-state index contributed by atoms with van der Waals surface area (Å²) in [6.07, 6.45) is 10.6. The van der Waals surface area contributed by atoms with Gasteiger partial charge in [0, 0.05) is 23.7 Å². The van der Waals surface area contributed by atoms with E-state index in [4.69, 9.17) is 11.6 Å². The molecule has 1 saturated carbocycles. The summed E-state index contributed by atoms with van der Waals surface area (Å²) in [5, 5.41) is 9.48. The molecule has 2 N–H and O–H groups in total. The minimum atomic E-state index is -0.251. The smallest absolute Gasteiger partial charge is 0.268 e. The van der Waals surface area contributed by atoms with Gasteiger partial charge in [0.1, 0.15) is 5.69 Å². The second kappa shape index (κ2) is 5.27. The van der Waals surface area contributed by atoms with Crippen LogP contribution in [0.1, 0.15) is 42.2 Å². The number of aromatic amines is 1. The standard InChI is InChI=1S/C17H19ClN4O/c1-2-22-10-12(9-19-22)17(5-6-17)21-16(23)15-8-11-7-13(18)3-4-14(11)20-15/h4,7-10,13,20H,2-3,5-6H2,1H3,(H,21,23). The van der Waals surface area contributed by atoms with Gasteiger partial charge in [0.25, 0.3) is 5.91 Å². The third-order valence-electron chi connectivity index (χ3n) is 4.64. The number of nitrogens with one attached hydrogen (secondary N) is 2. The fraction of sp³-hybridized carbons (Fsp3) is 0.412. The lowest BCUT2D eigenvalue weighted by Gasteiger charge is -2.15. The summed E-state index contributed by atoms with van der Waals surface area (Å²) in [6, 6.07) is 1.88. The van der Waals surface area contributed by atoms with Crippen molar-refractivity contribution in [2.45, 2.75) is 43.6 Å². The van der Waals surface area contributed by atoms with E-state index in [1.54, 1.807) is 0 Å². The van der Waals surface area contributed by atoms with E-state index in [0.29, 0.717) is 5.69 Å². The van der Waals surface area contributed by atoms with Gasteiger partial charge in [-0.2, -0.15) is 5.10 Å². The molecule has 0 saturated heterocycles. The average molecular weight is 331 g/mol. The first kappa shape index (κ1) is 14.6. The van der Waals surface area contributed by atoms with Gasteiger partial charge >= 0.3 is 0 Å². The lowest BCUT2D eigenvalue weighted by molar-refractivity contribution is 0.0926. The van der Waals surface area contributed by atoms with E-state index in [9.17, 15) is 4.79 Å². The van der Waals surface area contributed by atoms with Crippen molar-refractivity contribution in [2.24, 2.45) is 0 Å². The molecule has 0 spiro atoms. The lowest BCUT2D eigenvalue weighted by atomic mass is 10.1. The Balaban J connectivity index is 1.58. The van der Waals surface area contributed by atoms with Gasteiger partial charge in [0.15, 0.2) is 0 Å². The molecule has 1 amide bonds. The molecule has 6 heteroatoms. The van der Waals surface area contributed by atoms with Gasteiger partial charge in [-0.05, 0) is 37.5 Å². The summed E-state index contributed by atoms with van der Waals surface area (Å²) in [7, 11) is 0. The number of carbonyl (C=O) groups excluding carboxylic acids is 1. The third-order valence-corrected chi connectivity index (χ3v) is 4.95. The first-order chi connectivity index (χ1) is 11.1. The maximum Gasteiger partial charge on any atom is 0.268 e. The van der Waals surface area contributed by atoms with Crippen molar-refractivity contribution in [1.82, 2.24) is 20.1 Å². The number of hydrogen-bond donors (Lipinski definition) is 2. The summed E-state index contributed by atoms with van der Waals surface area (Å²) in [5.74, 6) is -0.0749. The van der Waals surface area contributed by atoms with Gasteiger partial charge in [-0.25, -0.2) is 0 Å². The van der Waals surface area contributed by atoms with Crippen LogP contribution in [0.25, 0.3) is 12.2 Å². The Morgan fingerprint density at radius 1 is 1.57 bits per heavy atom. The van der Waals surface area contributed by atoms with E-state index in [1.165, 1.54) is 0 Å². The second-order valence-corrected chi connectivity index (χ2v) is 6.86. The number of aryl methyl sites for hydroxylation is 1. The van der Waals surface area contributed by atoms with Crippen molar-refractivity contribution >= 4 is 29.7 Å². The van der Waals surface area contributed by atoms with Crippen LogP contribution in [-0.4, -0.2) is 26.0 Å². The summed E-state index contributed by atoms with van der Waals surface area (Å²) < 4.78 is 1.89. The normalized spacial score (nSPS) is 21.0. The van der Waals surface area contributed by atoms with Gasteiger partial charge in [-0.15, -0.1) is 11.6 Å². The van der Waals surface area contributed by atoms with Crippen molar-refractivity contribution in [3.63, 3.8) is 0 Å². The number of halogens is 1. The Bertz CT molecular complexity index is 875. The predicted molar refractivity (Wildman–Crippen MR) is 89.5 cm³/mol. The molecule has 0 aromatic carbocycles. The Labute approximate surface area is 139 Å². The topological polar surface area (TPSA) is 62.7 Å². The molecule has 2 aliphatic rings. The van der Waals surface area contributed by atoms with Gasteiger partial charge in [-0.1, -0.05) is 12.2 Å². The van der Waals surface area contributed by atoms with Crippen LogP contribution in [-0.2, 0) is 12.1 Å². The highest BCUT2D eigenvalue weighted by Crippen LogP contribution is 2.45. The number of hydrogen-bond acceptors (Lipinski definition) is 2. The van der Waals surface area contributed by atoms with E-state index in [1.807, 2.05) is 35.3 Å². The number of fused-ring (bicyclic) bond motifs is 1. The molecular weight excluding hydrogens is 312 g/mol. The SMILES string of the molecule is CCn1cc(C2(NC(=O)c3cc4c([nH]3)=CCC(Cl)C=4)CC2)cn1. The molecule has 4 rings (SSSR count). The number of aromatic nitrogens is 3. The van der Waals surface area contributed by atoms with E-state index in [-0.39, 0.29) is 16.8 Å². The van der Waals surface area contributed by atoms with Gasteiger partial charge < -0.3 is 10.3 Å². The van der Waals surface area contributed by atoms with Crippen LogP contribution >= 0.6 is 11.6 Å². The highest BCUT2D eigenvalue weighted by molar-refractivity contribution is 6.24. The molecule has 2 aromatic heterocycles. The van der Waals surface area contributed by atoms with Crippen LogP contribution in [0.3, 0.4) is 0 Å². The molecule has 1 unspecified atom stereocenters. The lowest BCUT2D eigenvalue weighted by Crippen LogP contribution is -2.35. The van der Waals surface area contributed by atoms with Crippen LogP contribution in [0, 0.1) is 0 Å². The molecule has 0 aliphatic heterocycles. The molecule has 2 heterocycles. The van der Waals surface area contributed by atoms with Gasteiger partial charge in [0.05, 0.1) is 17.1 Å². The number of rotatable bonds is 4. The molecular formula is C17H19ClN4O. The monoisotopic (exact) mass is 330 g/mol. The van der Waals surface area contributed by atoms with E-state index in [2.05, 4.69) is 22.3 Å². The Hall–Kier alpha value is -2.01. The third kappa shape index (κ3) is 2.59. The van der Waals surface area contributed by atoms with Crippen molar-refractivity contribution < 1.29 is 4.79 Å². The van der Waals surface area contributed by atoms with Crippen molar-refractivity contribution in [1.29, 1.82) is 0 Å².